The maximum atomic E-state index is 13.5. The summed E-state index contributed by atoms with van der Waals surface area (Å²) in [6.45, 7) is 1.58. The molecule has 0 atom stereocenters. The Morgan fingerprint density at radius 1 is 1.14 bits per heavy atom. The minimum atomic E-state index is -3.50. The standard InChI is InChI=1S/C13H21FN2O4S2/c1-3-22(19,20)15-9-11-16(21(2,17)18)10-8-12-6-4-5-7-13(12)14/h4-7,15H,3,8-11H2,1-2H3. The van der Waals surface area contributed by atoms with Gasteiger partial charge in [-0.15, -0.1) is 0 Å². The van der Waals surface area contributed by atoms with Gasteiger partial charge in [-0.25, -0.2) is 30.3 Å². The van der Waals surface area contributed by atoms with Crippen molar-refractivity contribution in [2.45, 2.75) is 13.3 Å². The summed E-state index contributed by atoms with van der Waals surface area (Å²) in [5.41, 5.74) is 0.422. The fraction of sp³-hybridized carbons (Fsp3) is 0.538. The molecule has 0 saturated carbocycles. The molecule has 1 N–H and O–H groups in total. The number of hydrogen-bond donors (Lipinski definition) is 1. The first-order valence-corrected chi connectivity index (χ1v) is 10.3. The van der Waals surface area contributed by atoms with Crippen LogP contribution in [-0.4, -0.2) is 52.8 Å². The molecule has 1 aromatic carbocycles. The van der Waals surface area contributed by atoms with Crippen molar-refractivity contribution < 1.29 is 21.2 Å². The van der Waals surface area contributed by atoms with Crippen LogP contribution in [0.2, 0.25) is 0 Å². The van der Waals surface area contributed by atoms with Crippen LogP contribution in [0.5, 0.6) is 0 Å². The lowest BCUT2D eigenvalue weighted by Gasteiger charge is -2.20. The Hall–Kier alpha value is -1.03. The van der Waals surface area contributed by atoms with E-state index in [-0.39, 0.29) is 37.6 Å². The highest BCUT2D eigenvalue weighted by atomic mass is 32.2. The molecule has 0 unspecified atom stereocenters. The third-order valence-corrected chi connectivity index (χ3v) is 5.83. The van der Waals surface area contributed by atoms with Gasteiger partial charge in [-0.2, -0.15) is 0 Å². The Balaban J connectivity index is 2.65. The number of nitrogens with zero attached hydrogens (tertiary/aromatic N) is 1. The predicted molar refractivity (Wildman–Crippen MR) is 84.0 cm³/mol. The lowest BCUT2D eigenvalue weighted by molar-refractivity contribution is 0.417. The van der Waals surface area contributed by atoms with E-state index in [2.05, 4.69) is 4.72 Å². The molecular weight excluding hydrogens is 331 g/mol. The zero-order chi connectivity index (χ0) is 16.8. The quantitative estimate of drug-likeness (QED) is 0.704. The number of hydrogen-bond acceptors (Lipinski definition) is 4. The molecule has 0 radical (unpaired) electrons. The molecule has 0 spiro atoms. The second kappa shape index (κ2) is 8.00. The molecule has 6 nitrogen and oxygen atoms in total. The summed E-state index contributed by atoms with van der Waals surface area (Å²) in [7, 11) is -6.86. The average molecular weight is 352 g/mol. The fourth-order valence-electron chi connectivity index (χ4n) is 1.82. The molecule has 126 valence electrons. The molecule has 22 heavy (non-hydrogen) atoms. The molecule has 0 aliphatic carbocycles. The SMILES string of the molecule is CCS(=O)(=O)NCCN(CCc1ccccc1F)S(C)(=O)=O. The molecule has 0 fully saturated rings. The van der Waals surface area contributed by atoms with Gasteiger partial charge in [0.25, 0.3) is 0 Å². The van der Waals surface area contributed by atoms with Gasteiger partial charge in [-0.3, -0.25) is 0 Å². The number of rotatable bonds is 9. The van der Waals surface area contributed by atoms with E-state index in [1.807, 2.05) is 0 Å². The lowest BCUT2D eigenvalue weighted by atomic mass is 10.1. The Labute approximate surface area is 131 Å². The number of nitrogens with one attached hydrogen (secondary N) is 1. The highest BCUT2D eigenvalue weighted by Crippen LogP contribution is 2.09. The highest BCUT2D eigenvalue weighted by Gasteiger charge is 2.17. The maximum absolute atomic E-state index is 13.5. The third kappa shape index (κ3) is 6.39. The van der Waals surface area contributed by atoms with Gasteiger partial charge in [0.05, 0.1) is 12.0 Å². The van der Waals surface area contributed by atoms with Gasteiger partial charge in [-0.1, -0.05) is 18.2 Å². The Kier molecular flexibility index (Phi) is 6.92. The smallest absolute Gasteiger partial charge is 0.211 e. The van der Waals surface area contributed by atoms with E-state index < -0.39 is 20.0 Å². The first kappa shape index (κ1) is 19.0. The zero-order valence-corrected chi connectivity index (χ0v) is 14.3. The summed E-state index contributed by atoms with van der Waals surface area (Å²) in [5.74, 6) is -0.455. The van der Waals surface area contributed by atoms with E-state index in [1.165, 1.54) is 13.0 Å². The van der Waals surface area contributed by atoms with Crippen molar-refractivity contribution >= 4 is 20.0 Å². The van der Waals surface area contributed by atoms with Crippen molar-refractivity contribution in [1.82, 2.24) is 9.03 Å². The van der Waals surface area contributed by atoms with E-state index in [0.29, 0.717) is 5.56 Å². The van der Waals surface area contributed by atoms with Crippen LogP contribution in [0.1, 0.15) is 12.5 Å². The topological polar surface area (TPSA) is 83.6 Å². The summed E-state index contributed by atoms with van der Waals surface area (Å²) in [5, 5.41) is 0. The fourth-order valence-corrected chi connectivity index (χ4v) is 3.27. The molecule has 0 bridgehead atoms. The zero-order valence-electron chi connectivity index (χ0n) is 12.6. The summed E-state index contributed by atoms with van der Waals surface area (Å²) < 4.78 is 63.1. The van der Waals surface area contributed by atoms with Gasteiger partial charge >= 0.3 is 0 Å². The van der Waals surface area contributed by atoms with Crippen molar-refractivity contribution in [2.75, 3.05) is 31.6 Å². The largest absolute Gasteiger partial charge is 0.214 e. The van der Waals surface area contributed by atoms with E-state index in [9.17, 15) is 21.2 Å². The van der Waals surface area contributed by atoms with E-state index in [4.69, 9.17) is 0 Å². The van der Waals surface area contributed by atoms with Crippen molar-refractivity contribution in [1.29, 1.82) is 0 Å². The number of halogens is 1. The van der Waals surface area contributed by atoms with Crippen LogP contribution in [0.4, 0.5) is 4.39 Å². The molecule has 1 rings (SSSR count). The van der Waals surface area contributed by atoms with Crippen molar-refractivity contribution in [2.24, 2.45) is 0 Å². The molecule has 0 aromatic heterocycles. The Morgan fingerprint density at radius 2 is 1.77 bits per heavy atom. The molecule has 1 aromatic rings. The monoisotopic (exact) mass is 352 g/mol. The van der Waals surface area contributed by atoms with Gasteiger partial charge in [0.15, 0.2) is 0 Å². The van der Waals surface area contributed by atoms with Crippen LogP contribution in [-0.2, 0) is 26.5 Å². The third-order valence-electron chi connectivity index (χ3n) is 3.12. The number of sulfonamides is 2. The summed E-state index contributed by atoms with van der Waals surface area (Å²) >= 11 is 0. The normalized spacial score (nSPS) is 12.7. The minimum absolute atomic E-state index is 0.00646. The second-order valence-electron chi connectivity index (χ2n) is 4.80. The Bertz CT molecular complexity index is 690. The minimum Gasteiger partial charge on any atom is -0.214 e. The van der Waals surface area contributed by atoms with Crippen LogP contribution in [0.25, 0.3) is 0 Å². The van der Waals surface area contributed by atoms with Gasteiger partial charge in [0.1, 0.15) is 5.82 Å². The van der Waals surface area contributed by atoms with E-state index in [0.717, 1.165) is 10.6 Å². The highest BCUT2D eigenvalue weighted by molar-refractivity contribution is 7.89. The van der Waals surface area contributed by atoms with Crippen LogP contribution in [0, 0.1) is 5.82 Å². The molecule has 0 saturated heterocycles. The van der Waals surface area contributed by atoms with Crippen molar-refractivity contribution in [3.63, 3.8) is 0 Å². The van der Waals surface area contributed by atoms with Gasteiger partial charge in [-0.05, 0) is 25.0 Å². The summed E-state index contributed by atoms with van der Waals surface area (Å²) in [6, 6.07) is 6.15. The lowest BCUT2D eigenvalue weighted by Crippen LogP contribution is -2.39. The van der Waals surface area contributed by atoms with E-state index in [1.54, 1.807) is 18.2 Å². The van der Waals surface area contributed by atoms with Crippen LogP contribution < -0.4 is 4.72 Å². The average Bonchev–Trinajstić information content (AvgIpc) is 2.43. The van der Waals surface area contributed by atoms with Gasteiger partial charge in [0, 0.05) is 19.6 Å². The van der Waals surface area contributed by atoms with Crippen molar-refractivity contribution in [3.8, 4) is 0 Å². The first-order chi connectivity index (χ1) is 10.2. The van der Waals surface area contributed by atoms with Crippen LogP contribution in [0.15, 0.2) is 24.3 Å². The van der Waals surface area contributed by atoms with E-state index >= 15 is 0 Å². The summed E-state index contributed by atoms with van der Waals surface area (Å²) in [6.07, 6.45) is 1.27. The molecule has 0 heterocycles. The number of benzene rings is 1. The molecule has 0 amide bonds. The van der Waals surface area contributed by atoms with Gasteiger partial charge < -0.3 is 0 Å². The van der Waals surface area contributed by atoms with Crippen LogP contribution in [0.3, 0.4) is 0 Å². The first-order valence-electron chi connectivity index (χ1n) is 6.81. The molecular formula is C13H21FN2O4S2. The van der Waals surface area contributed by atoms with Gasteiger partial charge in [0.2, 0.25) is 20.0 Å². The molecule has 0 aliphatic heterocycles. The van der Waals surface area contributed by atoms with Crippen molar-refractivity contribution in [3.05, 3.63) is 35.6 Å². The maximum Gasteiger partial charge on any atom is 0.211 e. The summed E-state index contributed by atoms with van der Waals surface area (Å²) in [4.78, 5) is 0. The van der Waals surface area contributed by atoms with Crippen LogP contribution >= 0.6 is 0 Å². The predicted octanol–water partition coefficient (Wildman–Crippen LogP) is 0.569. The Morgan fingerprint density at radius 3 is 2.32 bits per heavy atom. The molecule has 9 heteroatoms. The second-order valence-corrected chi connectivity index (χ2v) is 8.88. The molecule has 0 aliphatic rings.